The highest BCUT2D eigenvalue weighted by Gasteiger charge is 2.47. The summed E-state index contributed by atoms with van der Waals surface area (Å²) in [7, 11) is 0. The maximum absolute atomic E-state index is 13.3. The Labute approximate surface area is 200 Å². The van der Waals surface area contributed by atoms with Crippen molar-refractivity contribution in [3.05, 3.63) is 53.1 Å². The Kier molecular flexibility index (Phi) is 6.16. The summed E-state index contributed by atoms with van der Waals surface area (Å²) in [6.45, 7) is 1.78. The largest absolute Gasteiger partial charge is 0.454 e. The number of hydrogen-bond acceptors (Lipinski definition) is 5. The lowest BCUT2D eigenvalue weighted by molar-refractivity contribution is -0.183. The second kappa shape index (κ2) is 9.11. The van der Waals surface area contributed by atoms with Crippen molar-refractivity contribution in [2.75, 3.05) is 26.2 Å². The Hall–Kier alpha value is -2.78. The summed E-state index contributed by atoms with van der Waals surface area (Å²) in [5, 5.41) is 3.82. The number of para-hydroxylation sites is 1. The first-order chi connectivity index (χ1) is 16.3. The third kappa shape index (κ3) is 4.59. The van der Waals surface area contributed by atoms with Crippen LogP contribution >= 0.6 is 11.6 Å². The predicted molar refractivity (Wildman–Crippen MR) is 123 cm³/mol. The number of hydrogen-bond donors (Lipinski definition) is 1. The number of amidine groups is 1. The Balaban J connectivity index is 1.38. The molecule has 180 valence electrons. The summed E-state index contributed by atoms with van der Waals surface area (Å²) in [5.41, 5.74) is 1.40. The van der Waals surface area contributed by atoms with E-state index in [0.29, 0.717) is 54.1 Å². The third-order valence-electron chi connectivity index (χ3n) is 6.42. The van der Waals surface area contributed by atoms with Crippen LogP contribution < -0.4 is 10.1 Å². The molecule has 1 N–H and O–H groups in total. The van der Waals surface area contributed by atoms with Crippen LogP contribution in [-0.2, 0) is 4.79 Å². The van der Waals surface area contributed by atoms with Crippen LogP contribution in [-0.4, -0.2) is 66.0 Å². The molecule has 2 fully saturated rings. The molecule has 0 unspecified atom stereocenters. The van der Waals surface area contributed by atoms with Crippen molar-refractivity contribution in [1.82, 2.24) is 15.1 Å². The molecular weight excluding hydrogens is 469 g/mol. The number of carbonyl (C=O) groups excluding carboxylic acids is 1. The summed E-state index contributed by atoms with van der Waals surface area (Å²) in [6, 6.07) is 10.8. The lowest BCUT2D eigenvalue weighted by Crippen LogP contribution is -2.55. The Morgan fingerprint density at radius 3 is 2.82 bits per heavy atom. The Morgan fingerprint density at radius 1 is 1.18 bits per heavy atom. The first kappa shape index (κ1) is 23.0. The molecule has 5 rings (SSSR count). The monoisotopic (exact) mass is 492 g/mol. The van der Waals surface area contributed by atoms with Gasteiger partial charge in [-0.05, 0) is 43.2 Å². The average molecular weight is 493 g/mol. The van der Waals surface area contributed by atoms with E-state index in [1.807, 2.05) is 24.3 Å². The van der Waals surface area contributed by atoms with Crippen molar-refractivity contribution in [2.45, 2.75) is 37.5 Å². The van der Waals surface area contributed by atoms with Crippen molar-refractivity contribution >= 4 is 29.0 Å². The molecule has 34 heavy (non-hydrogen) atoms. The van der Waals surface area contributed by atoms with Crippen LogP contribution in [0.4, 0.5) is 18.9 Å². The summed E-state index contributed by atoms with van der Waals surface area (Å²) in [6.07, 6.45) is -4.06. The van der Waals surface area contributed by atoms with Crippen molar-refractivity contribution in [3.63, 3.8) is 0 Å². The molecule has 2 aromatic carbocycles. The van der Waals surface area contributed by atoms with Crippen LogP contribution in [0.1, 0.15) is 24.8 Å². The zero-order valence-corrected chi connectivity index (χ0v) is 19.1. The number of alkyl halides is 3. The van der Waals surface area contributed by atoms with Gasteiger partial charge in [-0.15, -0.1) is 0 Å². The van der Waals surface area contributed by atoms with E-state index >= 15 is 0 Å². The van der Waals surface area contributed by atoms with E-state index in [4.69, 9.17) is 21.3 Å². The van der Waals surface area contributed by atoms with Gasteiger partial charge in [-0.1, -0.05) is 23.7 Å². The van der Waals surface area contributed by atoms with Crippen LogP contribution in [0.5, 0.6) is 11.5 Å². The molecule has 3 heterocycles. The van der Waals surface area contributed by atoms with Crippen molar-refractivity contribution in [3.8, 4) is 11.5 Å². The average Bonchev–Trinajstić information content (AvgIpc) is 3.25. The molecule has 6 nitrogen and oxygen atoms in total. The fraction of sp³-hybridized carbons (Fsp3) is 0.417. The van der Waals surface area contributed by atoms with Gasteiger partial charge in [0, 0.05) is 43.7 Å². The van der Waals surface area contributed by atoms with Gasteiger partial charge >= 0.3 is 6.18 Å². The van der Waals surface area contributed by atoms with Crippen LogP contribution in [0, 0.1) is 0 Å². The molecule has 3 aliphatic heterocycles. The highest BCUT2D eigenvalue weighted by molar-refractivity contribution is 6.31. The number of carbonyl (C=O) groups is 1. The van der Waals surface area contributed by atoms with Gasteiger partial charge in [-0.3, -0.25) is 4.79 Å². The lowest BCUT2D eigenvalue weighted by atomic mass is 10.1. The molecular formula is C24H24ClF3N4O2. The van der Waals surface area contributed by atoms with Crippen molar-refractivity contribution in [2.24, 2.45) is 4.99 Å². The second-order valence-electron chi connectivity index (χ2n) is 8.73. The minimum absolute atomic E-state index is 0.00305. The maximum Gasteiger partial charge on any atom is 0.408 e. The van der Waals surface area contributed by atoms with E-state index in [1.54, 1.807) is 18.2 Å². The summed E-state index contributed by atoms with van der Waals surface area (Å²) < 4.78 is 46.1. The molecule has 10 heteroatoms. The molecule has 0 bridgehead atoms. The minimum Gasteiger partial charge on any atom is -0.454 e. The standard InChI is InChI=1S/C24H24ClF3N4O2/c25-15-7-8-20-18(12-15)30-23(17-4-1-2-5-19(17)34-20)31-11-9-29-16(14-31)13-22(33)32-10-3-6-21(32)24(26,27)28/h1-2,4-5,7-8,12,16,21,29H,3,6,9-11,13-14H2/t16-,21-/m0/s1. The molecule has 2 aromatic rings. The third-order valence-corrected chi connectivity index (χ3v) is 6.66. The molecule has 2 atom stereocenters. The SMILES string of the molecule is O=C(C[C@H]1CN(C2=Nc3cc(Cl)ccc3Oc3ccccc32)CCN1)N1CCC[C@H]1C(F)(F)F. The van der Waals surface area contributed by atoms with Crippen LogP contribution in [0.3, 0.4) is 0 Å². The number of ether oxygens (including phenoxy) is 1. The van der Waals surface area contributed by atoms with E-state index in [0.717, 1.165) is 10.5 Å². The van der Waals surface area contributed by atoms with Gasteiger partial charge in [0.15, 0.2) is 5.75 Å². The smallest absolute Gasteiger partial charge is 0.408 e. The van der Waals surface area contributed by atoms with E-state index < -0.39 is 18.1 Å². The number of piperazine rings is 1. The maximum atomic E-state index is 13.3. The quantitative estimate of drug-likeness (QED) is 0.658. The highest BCUT2D eigenvalue weighted by atomic mass is 35.5. The van der Waals surface area contributed by atoms with Gasteiger partial charge in [0.2, 0.25) is 5.91 Å². The number of aliphatic imine (C=N–C) groups is 1. The summed E-state index contributed by atoms with van der Waals surface area (Å²) >= 11 is 6.19. The summed E-state index contributed by atoms with van der Waals surface area (Å²) in [5.74, 6) is 1.45. The van der Waals surface area contributed by atoms with Gasteiger partial charge in [0.25, 0.3) is 0 Å². The Morgan fingerprint density at radius 2 is 2.00 bits per heavy atom. The fourth-order valence-electron chi connectivity index (χ4n) is 4.83. The molecule has 0 aromatic heterocycles. The molecule has 2 saturated heterocycles. The first-order valence-electron chi connectivity index (χ1n) is 11.3. The zero-order chi connectivity index (χ0) is 23.9. The van der Waals surface area contributed by atoms with Crippen LogP contribution in [0.15, 0.2) is 47.5 Å². The van der Waals surface area contributed by atoms with E-state index in [9.17, 15) is 18.0 Å². The van der Waals surface area contributed by atoms with Gasteiger partial charge in [0.05, 0.1) is 5.56 Å². The number of fused-ring (bicyclic) bond motifs is 2. The summed E-state index contributed by atoms with van der Waals surface area (Å²) in [4.78, 5) is 20.7. The molecule has 1 amide bonds. The number of nitrogens with one attached hydrogen (secondary N) is 1. The van der Waals surface area contributed by atoms with Gasteiger partial charge in [-0.25, -0.2) is 4.99 Å². The van der Waals surface area contributed by atoms with Crippen LogP contribution in [0.25, 0.3) is 0 Å². The Bertz CT molecular complexity index is 1120. The topological polar surface area (TPSA) is 57.2 Å². The van der Waals surface area contributed by atoms with E-state index in [-0.39, 0.29) is 25.4 Å². The van der Waals surface area contributed by atoms with E-state index in [2.05, 4.69) is 10.2 Å². The first-order valence-corrected chi connectivity index (χ1v) is 11.7. The fourth-order valence-corrected chi connectivity index (χ4v) is 4.99. The number of benzene rings is 2. The number of likely N-dealkylation sites (tertiary alicyclic amines) is 1. The lowest BCUT2D eigenvalue weighted by Gasteiger charge is -2.36. The number of halogens is 4. The zero-order valence-electron chi connectivity index (χ0n) is 18.3. The molecule has 0 aliphatic carbocycles. The van der Waals surface area contributed by atoms with Crippen LogP contribution in [0.2, 0.25) is 5.02 Å². The number of nitrogens with zero attached hydrogens (tertiary/aromatic N) is 3. The van der Waals surface area contributed by atoms with Crippen molar-refractivity contribution < 1.29 is 22.7 Å². The second-order valence-corrected chi connectivity index (χ2v) is 9.17. The van der Waals surface area contributed by atoms with E-state index in [1.165, 1.54) is 0 Å². The van der Waals surface area contributed by atoms with Gasteiger partial charge < -0.3 is 19.9 Å². The van der Waals surface area contributed by atoms with Gasteiger partial charge in [-0.2, -0.15) is 13.2 Å². The normalized spacial score (nSPS) is 22.4. The number of rotatable bonds is 2. The van der Waals surface area contributed by atoms with Gasteiger partial charge in [0.1, 0.15) is 23.3 Å². The molecule has 3 aliphatic rings. The molecule has 0 spiro atoms. The highest BCUT2D eigenvalue weighted by Crippen LogP contribution is 2.39. The van der Waals surface area contributed by atoms with Crippen molar-refractivity contribution in [1.29, 1.82) is 0 Å². The predicted octanol–water partition coefficient (Wildman–Crippen LogP) is 4.74. The number of amides is 1. The molecule has 0 saturated carbocycles. The minimum atomic E-state index is -4.40. The molecule has 0 radical (unpaired) electrons.